The quantitative estimate of drug-likeness (QED) is 0.862. The highest BCUT2D eigenvalue weighted by molar-refractivity contribution is 9.10. The van der Waals surface area contributed by atoms with Crippen molar-refractivity contribution in [2.24, 2.45) is 5.73 Å². The summed E-state index contributed by atoms with van der Waals surface area (Å²) in [5, 5.41) is 9.87. The molecular weight excluding hydrogens is 258 g/mol. The average Bonchev–Trinajstić information content (AvgIpc) is 2.64. The predicted molar refractivity (Wildman–Crippen MR) is 62.0 cm³/mol. The Morgan fingerprint density at radius 2 is 2.27 bits per heavy atom. The van der Waals surface area contributed by atoms with Crippen LogP contribution in [-0.4, -0.2) is 17.8 Å². The van der Waals surface area contributed by atoms with Gasteiger partial charge in [-0.05, 0) is 46.1 Å². The molecule has 0 saturated carbocycles. The van der Waals surface area contributed by atoms with Gasteiger partial charge in [-0.2, -0.15) is 0 Å². The zero-order valence-electron chi connectivity index (χ0n) is 8.53. The summed E-state index contributed by atoms with van der Waals surface area (Å²) in [7, 11) is 0. The molecule has 1 aromatic carbocycles. The summed E-state index contributed by atoms with van der Waals surface area (Å²) in [6.45, 7) is 2.51. The van der Waals surface area contributed by atoms with Gasteiger partial charge in [0, 0.05) is 12.5 Å². The minimum atomic E-state index is -0.618. The first kappa shape index (κ1) is 10.9. The molecule has 1 heterocycles. The van der Waals surface area contributed by atoms with Gasteiger partial charge in [0.25, 0.3) is 0 Å². The molecule has 0 aromatic heterocycles. The van der Waals surface area contributed by atoms with Crippen molar-refractivity contribution in [3.8, 4) is 5.75 Å². The minimum absolute atomic E-state index is 0.266. The third-order valence-electron chi connectivity index (χ3n) is 2.60. The maximum atomic E-state index is 9.87. The van der Waals surface area contributed by atoms with Crippen LogP contribution < -0.4 is 10.5 Å². The van der Waals surface area contributed by atoms with Crippen LogP contribution in [0.4, 0.5) is 0 Å². The molecule has 0 fully saturated rings. The normalized spacial score (nSPS) is 18.1. The molecule has 0 bridgehead atoms. The van der Waals surface area contributed by atoms with E-state index in [1.165, 1.54) is 0 Å². The summed E-state index contributed by atoms with van der Waals surface area (Å²) in [5.41, 5.74) is 7.65. The van der Waals surface area contributed by atoms with Crippen LogP contribution in [0.3, 0.4) is 0 Å². The molecule has 82 valence electrons. The second kappa shape index (κ2) is 4.12. The number of hydrogen-bond acceptors (Lipinski definition) is 3. The lowest BCUT2D eigenvalue weighted by Gasteiger charge is -2.16. The van der Waals surface area contributed by atoms with Crippen molar-refractivity contribution in [3.05, 3.63) is 27.7 Å². The van der Waals surface area contributed by atoms with Crippen molar-refractivity contribution in [2.45, 2.75) is 25.5 Å². The van der Waals surface area contributed by atoms with E-state index in [0.29, 0.717) is 6.61 Å². The van der Waals surface area contributed by atoms with Crippen LogP contribution in [0.25, 0.3) is 0 Å². The van der Waals surface area contributed by atoms with Crippen molar-refractivity contribution in [1.29, 1.82) is 0 Å². The maximum Gasteiger partial charge on any atom is 0.136 e. The first-order valence-electron chi connectivity index (χ1n) is 4.98. The molecule has 0 aliphatic carbocycles. The second-order valence-corrected chi connectivity index (χ2v) is 4.75. The van der Waals surface area contributed by atoms with E-state index in [1.807, 2.05) is 12.1 Å². The number of aliphatic hydroxyl groups is 1. The van der Waals surface area contributed by atoms with Gasteiger partial charge in [0.15, 0.2) is 0 Å². The van der Waals surface area contributed by atoms with Crippen LogP contribution >= 0.6 is 15.9 Å². The van der Waals surface area contributed by atoms with Crippen LogP contribution in [-0.2, 0) is 6.42 Å². The van der Waals surface area contributed by atoms with E-state index in [-0.39, 0.29) is 6.04 Å². The maximum absolute atomic E-state index is 9.87. The highest BCUT2D eigenvalue weighted by Gasteiger charge is 2.20. The van der Waals surface area contributed by atoms with Crippen molar-refractivity contribution in [1.82, 2.24) is 0 Å². The summed E-state index contributed by atoms with van der Waals surface area (Å²) in [5.74, 6) is 0.899. The van der Waals surface area contributed by atoms with Gasteiger partial charge < -0.3 is 15.6 Å². The van der Waals surface area contributed by atoms with Gasteiger partial charge >= 0.3 is 0 Å². The Hall–Kier alpha value is -0.580. The number of aliphatic hydroxyl groups excluding tert-OH is 1. The summed E-state index contributed by atoms with van der Waals surface area (Å²) in [6, 6.07) is 3.58. The minimum Gasteiger partial charge on any atom is -0.492 e. The fourth-order valence-electron chi connectivity index (χ4n) is 1.76. The molecule has 0 radical (unpaired) electrons. The number of ether oxygens (including phenoxy) is 1. The molecule has 1 aliphatic heterocycles. The molecule has 2 atom stereocenters. The number of fused-ring (bicyclic) bond motifs is 1. The van der Waals surface area contributed by atoms with Gasteiger partial charge in [0.1, 0.15) is 5.75 Å². The molecule has 15 heavy (non-hydrogen) atoms. The summed E-state index contributed by atoms with van der Waals surface area (Å²) >= 11 is 3.44. The van der Waals surface area contributed by atoms with Crippen LogP contribution in [0.1, 0.15) is 24.2 Å². The lowest BCUT2D eigenvalue weighted by Crippen LogP contribution is -2.24. The molecular formula is C11H14BrNO2. The van der Waals surface area contributed by atoms with Crippen molar-refractivity contribution >= 4 is 15.9 Å². The molecule has 2 unspecified atom stereocenters. The summed E-state index contributed by atoms with van der Waals surface area (Å²) < 4.78 is 6.36. The van der Waals surface area contributed by atoms with Crippen LogP contribution in [0.15, 0.2) is 16.6 Å². The van der Waals surface area contributed by atoms with E-state index in [2.05, 4.69) is 15.9 Å². The van der Waals surface area contributed by atoms with Gasteiger partial charge in [-0.3, -0.25) is 0 Å². The van der Waals surface area contributed by atoms with Gasteiger partial charge in [-0.1, -0.05) is 0 Å². The summed E-state index contributed by atoms with van der Waals surface area (Å²) in [6.07, 6.45) is 0.278. The van der Waals surface area contributed by atoms with Crippen LogP contribution in [0, 0.1) is 0 Å². The predicted octanol–water partition coefficient (Wildman–Crippen LogP) is 1.76. The molecule has 0 amide bonds. The van der Waals surface area contributed by atoms with E-state index in [0.717, 1.165) is 27.8 Å². The Labute approximate surface area is 97.4 Å². The monoisotopic (exact) mass is 271 g/mol. The van der Waals surface area contributed by atoms with Crippen molar-refractivity contribution in [2.75, 3.05) is 6.61 Å². The van der Waals surface area contributed by atoms with E-state index < -0.39 is 6.10 Å². The summed E-state index contributed by atoms with van der Waals surface area (Å²) in [4.78, 5) is 0. The van der Waals surface area contributed by atoms with Gasteiger partial charge in [0.2, 0.25) is 0 Å². The van der Waals surface area contributed by atoms with Crippen molar-refractivity contribution in [3.63, 3.8) is 0 Å². The molecule has 3 N–H and O–H groups in total. The van der Waals surface area contributed by atoms with Crippen molar-refractivity contribution < 1.29 is 9.84 Å². The molecule has 2 rings (SSSR count). The average molecular weight is 272 g/mol. The fraction of sp³-hybridized carbons (Fsp3) is 0.455. The lowest BCUT2D eigenvalue weighted by molar-refractivity contribution is 0.153. The van der Waals surface area contributed by atoms with E-state index in [1.54, 1.807) is 6.92 Å². The Morgan fingerprint density at radius 1 is 1.53 bits per heavy atom. The molecule has 4 heteroatoms. The standard InChI is InChI=1S/C11H14BrNO2/c1-6(13)10(14)8-4-7-2-3-15-11(7)9(12)5-8/h4-6,10,14H,2-3,13H2,1H3. The van der Waals surface area contributed by atoms with E-state index in [4.69, 9.17) is 10.5 Å². The smallest absolute Gasteiger partial charge is 0.136 e. The Kier molecular flexibility index (Phi) is 3.00. The zero-order chi connectivity index (χ0) is 11.0. The molecule has 0 spiro atoms. The fourth-order valence-corrected chi connectivity index (χ4v) is 2.39. The Bertz CT molecular complexity index is 379. The topological polar surface area (TPSA) is 55.5 Å². The number of benzene rings is 1. The Balaban J connectivity index is 2.39. The number of hydrogen-bond donors (Lipinski definition) is 2. The molecule has 1 aliphatic rings. The third-order valence-corrected chi connectivity index (χ3v) is 3.19. The number of rotatable bonds is 2. The molecule has 0 saturated heterocycles. The van der Waals surface area contributed by atoms with E-state index in [9.17, 15) is 5.11 Å². The van der Waals surface area contributed by atoms with Crippen LogP contribution in [0.5, 0.6) is 5.75 Å². The molecule has 3 nitrogen and oxygen atoms in total. The first-order chi connectivity index (χ1) is 7.09. The second-order valence-electron chi connectivity index (χ2n) is 3.89. The SMILES string of the molecule is CC(N)C(O)c1cc(Br)c2c(c1)CCO2. The van der Waals surface area contributed by atoms with Crippen LogP contribution in [0.2, 0.25) is 0 Å². The molecule has 1 aromatic rings. The third kappa shape index (κ3) is 2.02. The largest absolute Gasteiger partial charge is 0.492 e. The zero-order valence-corrected chi connectivity index (χ0v) is 10.1. The highest BCUT2D eigenvalue weighted by Crippen LogP contribution is 2.36. The van der Waals surface area contributed by atoms with Gasteiger partial charge in [-0.15, -0.1) is 0 Å². The Morgan fingerprint density at radius 3 is 2.93 bits per heavy atom. The number of halogens is 1. The number of nitrogens with two attached hydrogens (primary N) is 1. The van der Waals surface area contributed by atoms with E-state index >= 15 is 0 Å². The van der Waals surface area contributed by atoms with Gasteiger partial charge in [-0.25, -0.2) is 0 Å². The van der Waals surface area contributed by atoms with Gasteiger partial charge in [0.05, 0.1) is 17.2 Å². The highest BCUT2D eigenvalue weighted by atomic mass is 79.9. The first-order valence-corrected chi connectivity index (χ1v) is 5.77. The lowest BCUT2D eigenvalue weighted by atomic mass is 10.0.